The number of rotatable bonds is 2. The largest absolute Gasteiger partial charge is 0.450 e. The number of hydrogen-bond donors (Lipinski definition) is 0. The molecule has 6 nitrogen and oxygen atoms in total. The molecule has 2 aromatic heterocycles. The first kappa shape index (κ1) is 15.8. The van der Waals surface area contributed by atoms with Crippen molar-refractivity contribution in [1.29, 1.82) is 0 Å². The Balaban J connectivity index is 1.69. The number of furan rings is 1. The predicted octanol–water partition coefficient (Wildman–Crippen LogP) is 3.48. The van der Waals surface area contributed by atoms with Crippen molar-refractivity contribution in [3.05, 3.63) is 52.9 Å². The van der Waals surface area contributed by atoms with Crippen LogP contribution in [0.4, 0.5) is 11.6 Å². The molecule has 7 heteroatoms. The van der Waals surface area contributed by atoms with Crippen LogP contribution in [0.25, 0.3) is 17.1 Å². The molecule has 4 rings (SSSR count). The number of amides is 1. The first-order valence-electron chi connectivity index (χ1n) is 7.84. The molecule has 0 saturated carbocycles. The number of carbonyl (C=O) groups excluding carboxylic acids is 1. The molecular weight excluding hydrogens is 384 g/mol. The van der Waals surface area contributed by atoms with E-state index in [2.05, 4.69) is 25.9 Å². The number of para-hydroxylation sites is 2. The van der Waals surface area contributed by atoms with Gasteiger partial charge in [0.25, 0.3) is 5.91 Å². The Morgan fingerprint density at radius 1 is 1.12 bits per heavy atom. The van der Waals surface area contributed by atoms with Gasteiger partial charge in [0.05, 0.1) is 11.0 Å². The summed E-state index contributed by atoms with van der Waals surface area (Å²) in [7, 11) is 1.96. The van der Waals surface area contributed by atoms with Gasteiger partial charge in [0, 0.05) is 26.2 Å². The minimum atomic E-state index is -0.147. The zero-order valence-electron chi connectivity index (χ0n) is 13.5. The van der Waals surface area contributed by atoms with E-state index in [4.69, 9.17) is 4.42 Å². The maximum Gasteiger partial charge on any atom is 0.252 e. The molecule has 3 heterocycles. The van der Waals surface area contributed by atoms with Crippen molar-refractivity contribution in [2.24, 2.45) is 0 Å². The van der Waals surface area contributed by atoms with Crippen LogP contribution >= 0.6 is 15.9 Å². The van der Waals surface area contributed by atoms with Crippen molar-refractivity contribution < 1.29 is 9.21 Å². The second-order valence-corrected chi connectivity index (χ2v) is 6.53. The molecule has 0 aliphatic carbocycles. The van der Waals surface area contributed by atoms with Crippen LogP contribution in [-0.4, -0.2) is 36.0 Å². The minimum absolute atomic E-state index is 0.147. The Bertz CT molecular complexity index is 982. The topological polar surface area (TPSA) is 62.5 Å². The standard InChI is InChI=1S/C18H15BrN4O2/c1-22-10-11-23(16(24)9-7-12-6-8-15(19)25-12)18-17(22)20-13-4-2-3-5-14(13)21-18/h2-9H,10-11H2,1H3. The molecule has 0 unspecified atom stereocenters. The van der Waals surface area contributed by atoms with Crippen molar-refractivity contribution in [3.63, 3.8) is 0 Å². The molecule has 1 aliphatic heterocycles. The summed E-state index contributed by atoms with van der Waals surface area (Å²) in [6.07, 6.45) is 3.15. The fraction of sp³-hybridized carbons (Fsp3) is 0.167. The molecule has 3 aromatic rings. The molecule has 0 bridgehead atoms. The molecule has 25 heavy (non-hydrogen) atoms. The second-order valence-electron chi connectivity index (χ2n) is 5.75. The fourth-order valence-corrected chi connectivity index (χ4v) is 3.08. The summed E-state index contributed by atoms with van der Waals surface area (Å²) in [6.45, 7) is 1.26. The van der Waals surface area contributed by atoms with Gasteiger partial charge in [-0.3, -0.25) is 9.69 Å². The van der Waals surface area contributed by atoms with Gasteiger partial charge in [-0.1, -0.05) is 12.1 Å². The number of halogens is 1. The molecule has 0 N–H and O–H groups in total. The van der Waals surface area contributed by atoms with Crippen LogP contribution in [0.3, 0.4) is 0 Å². The predicted molar refractivity (Wildman–Crippen MR) is 101 cm³/mol. The van der Waals surface area contributed by atoms with E-state index >= 15 is 0 Å². The van der Waals surface area contributed by atoms with Gasteiger partial charge in [-0.15, -0.1) is 0 Å². The van der Waals surface area contributed by atoms with Crippen molar-refractivity contribution in [1.82, 2.24) is 9.97 Å². The molecule has 126 valence electrons. The van der Waals surface area contributed by atoms with Crippen molar-refractivity contribution in [3.8, 4) is 0 Å². The van der Waals surface area contributed by atoms with Crippen LogP contribution in [-0.2, 0) is 4.79 Å². The summed E-state index contributed by atoms with van der Waals surface area (Å²) in [6, 6.07) is 11.2. The third kappa shape index (κ3) is 3.02. The summed E-state index contributed by atoms with van der Waals surface area (Å²) < 4.78 is 6.02. The number of anilines is 2. The Morgan fingerprint density at radius 3 is 2.52 bits per heavy atom. The van der Waals surface area contributed by atoms with Crippen molar-refractivity contribution in [2.75, 3.05) is 29.9 Å². The van der Waals surface area contributed by atoms with Crippen LogP contribution in [0.5, 0.6) is 0 Å². The summed E-state index contributed by atoms with van der Waals surface area (Å²) in [4.78, 5) is 25.7. The number of carbonyl (C=O) groups is 1. The molecule has 0 radical (unpaired) electrons. The van der Waals surface area contributed by atoms with Gasteiger partial charge in [-0.2, -0.15) is 0 Å². The van der Waals surface area contributed by atoms with Crippen LogP contribution in [0, 0.1) is 0 Å². The third-order valence-electron chi connectivity index (χ3n) is 4.06. The highest BCUT2D eigenvalue weighted by molar-refractivity contribution is 9.10. The smallest absolute Gasteiger partial charge is 0.252 e. The normalized spacial score (nSPS) is 14.3. The number of fused-ring (bicyclic) bond motifs is 2. The Hall–Kier alpha value is -2.67. The monoisotopic (exact) mass is 398 g/mol. The van der Waals surface area contributed by atoms with Gasteiger partial charge in [0.15, 0.2) is 16.3 Å². The van der Waals surface area contributed by atoms with E-state index in [1.165, 1.54) is 6.08 Å². The quantitative estimate of drug-likeness (QED) is 0.618. The number of nitrogens with zero attached hydrogens (tertiary/aromatic N) is 4. The van der Waals surface area contributed by atoms with Crippen molar-refractivity contribution in [2.45, 2.75) is 0 Å². The number of benzene rings is 1. The number of hydrogen-bond acceptors (Lipinski definition) is 5. The van der Waals surface area contributed by atoms with Gasteiger partial charge in [0.2, 0.25) is 0 Å². The lowest BCUT2D eigenvalue weighted by Crippen LogP contribution is -2.43. The van der Waals surface area contributed by atoms with Gasteiger partial charge in [-0.25, -0.2) is 9.97 Å². The highest BCUT2D eigenvalue weighted by Gasteiger charge is 2.27. The third-order valence-corrected chi connectivity index (χ3v) is 4.49. The van der Waals surface area contributed by atoms with Crippen LogP contribution in [0.1, 0.15) is 5.76 Å². The molecule has 0 fully saturated rings. The Kier molecular flexibility index (Phi) is 4.01. The molecule has 1 aromatic carbocycles. The number of likely N-dealkylation sites (N-methyl/N-ethyl adjacent to an activating group) is 1. The lowest BCUT2D eigenvalue weighted by Gasteiger charge is -2.33. The van der Waals surface area contributed by atoms with Crippen LogP contribution in [0.15, 0.2) is 51.6 Å². The maximum absolute atomic E-state index is 12.7. The lowest BCUT2D eigenvalue weighted by atomic mass is 10.2. The maximum atomic E-state index is 12.7. The van der Waals surface area contributed by atoms with E-state index in [-0.39, 0.29) is 5.91 Å². The highest BCUT2D eigenvalue weighted by atomic mass is 79.9. The molecule has 1 amide bonds. The van der Waals surface area contributed by atoms with E-state index in [1.807, 2.05) is 36.2 Å². The van der Waals surface area contributed by atoms with Crippen LogP contribution < -0.4 is 9.80 Å². The SMILES string of the molecule is CN1CCN(C(=O)C=Cc2ccc(Br)o2)c2nc3ccccc3nc21. The first-order valence-corrected chi connectivity index (χ1v) is 8.64. The minimum Gasteiger partial charge on any atom is -0.450 e. The van der Waals surface area contributed by atoms with Gasteiger partial charge < -0.3 is 9.32 Å². The zero-order chi connectivity index (χ0) is 17.4. The van der Waals surface area contributed by atoms with Gasteiger partial charge in [0.1, 0.15) is 5.76 Å². The van der Waals surface area contributed by atoms with E-state index < -0.39 is 0 Å². The molecule has 0 spiro atoms. The second kappa shape index (κ2) is 6.33. The summed E-state index contributed by atoms with van der Waals surface area (Å²) in [5.74, 6) is 1.76. The summed E-state index contributed by atoms with van der Waals surface area (Å²) >= 11 is 3.25. The van der Waals surface area contributed by atoms with Crippen molar-refractivity contribution >= 4 is 50.6 Å². The average molecular weight is 399 g/mol. The number of aromatic nitrogens is 2. The Labute approximate surface area is 152 Å². The summed E-state index contributed by atoms with van der Waals surface area (Å²) in [5.41, 5.74) is 1.59. The molecule has 1 aliphatic rings. The average Bonchev–Trinajstić information content (AvgIpc) is 3.04. The van der Waals surface area contributed by atoms with E-state index in [0.29, 0.717) is 35.2 Å². The highest BCUT2D eigenvalue weighted by Crippen LogP contribution is 2.30. The van der Waals surface area contributed by atoms with Gasteiger partial charge >= 0.3 is 0 Å². The lowest BCUT2D eigenvalue weighted by molar-refractivity contribution is -0.114. The zero-order valence-corrected chi connectivity index (χ0v) is 15.1. The van der Waals surface area contributed by atoms with E-state index in [1.54, 1.807) is 23.1 Å². The first-order chi connectivity index (χ1) is 12.1. The summed E-state index contributed by atoms with van der Waals surface area (Å²) in [5, 5.41) is 0. The van der Waals surface area contributed by atoms with Crippen LogP contribution in [0.2, 0.25) is 0 Å². The molecule has 0 saturated heterocycles. The Morgan fingerprint density at radius 2 is 1.84 bits per heavy atom. The molecular formula is C18H15BrN4O2. The van der Waals surface area contributed by atoms with E-state index in [0.717, 1.165) is 11.0 Å². The van der Waals surface area contributed by atoms with Gasteiger partial charge in [-0.05, 0) is 46.3 Å². The fourth-order valence-electron chi connectivity index (χ4n) is 2.76. The van der Waals surface area contributed by atoms with E-state index in [9.17, 15) is 4.79 Å². The molecule has 0 atom stereocenters.